The van der Waals surface area contributed by atoms with Crippen LogP contribution in [-0.2, 0) is 0 Å². The van der Waals surface area contributed by atoms with E-state index in [2.05, 4.69) is 4.99 Å². The van der Waals surface area contributed by atoms with Crippen LogP contribution in [-0.4, -0.2) is 47.1 Å². The Balaban J connectivity index is 0.00000162. The van der Waals surface area contributed by atoms with Gasteiger partial charge in [-0.2, -0.15) is 11.8 Å². The molecular weight excluding hydrogens is 365 g/mol. The van der Waals surface area contributed by atoms with Gasteiger partial charge in [0.25, 0.3) is 0 Å². The largest absolute Gasteiger partial charge is 0.467 e. The fourth-order valence-electron chi connectivity index (χ4n) is 1.64. The van der Waals surface area contributed by atoms with Crippen LogP contribution in [0.4, 0.5) is 0 Å². The number of rotatable bonds is 3. The third kappa shape index (κ3) is 4.36. The first-order valence-electron chi connectivity index (χ1n) is 5.61. The number of hydrogen-bond donors (Lipinski definition) is 2. The van der Waals surface area contributed by atoms with Crippen LogP contribution in [0.5, 0.6) is 0 Å². The van der Waals surface area contributed by atoms with Gasteiger partial charge in [0.05, 0.1) is 12.8 Å². The summed E-state index contributed by atoms with van der Waals surface area (Å²) < 4.78 is 5.10. The molecule has 0 bridgehead atoms. The first kappa shape index (κ1) is 15.6. The highest BCUT2D eigenvalue weighted by atomic mass is 127. The number of aliphatic hydroxyl groups is 1. The SMILES string of the molecule is I.NC(=NCC(O)c1ccco1)N1CCSCC1. The monoisotopic (exact) mass is 383 g/mol. The fraction of sp³-hybridized carbons (Fsp3) is 0.545. The molecule has 1 aliphatic heterocycles. The summed E-state index contributed by atoms with van der Waals surface area (Å²) in [6.07, 6.45) is 0.815. The van der Waals surface area contributed by atoms with Crippen molar-refractivity contribution in [3.8, 4) is 0 Å². The van der Waals surface area contributed by atoms with E-state index < -0.39 is 6.10 Å². The predicted molar refractivity (Wildman–Crippen MR) is 84.5 cm³/mol. The molecule has 1 atom stereocenters. The number of nitrogens with zero attached hydrogens (tertiary/aromatic N) is 2. The molecule has 0 radical (unpaired) electrons. The minimum Gasteiger partial charge on any atom is -0.467 e. The third-order valence-corrected chi connectivity index (χ3v) is 3.58. The number of halogens is 1. The van der Waals surface area contributed by atoms with Crippen molar-refractivity contribution < 1.29 is 9.52 Å². The van der Waals surface area contributed by atoms with E-state index in [0.29, 0.717) is 11.7 Å². The minimum atomic E-state index is -0.720. The van der Waals surface area contributed by atoms with Gasteiger partial charge in [0.2, 0.25) is 0 Å². The maximum Gasteiger partial charge on any atom is 0.191 e. The van der Waals surface area contributed by atoms with E-state index in [1.807, 2.05) is 16.7 Å². The zero-order chi connectivity index (χ0) is 12.1. The van der Waals surface area contributed by atoms with Crippen molar-refractivity contribution in [2.24, 2.45) is 10.7 Å². The Morgan fingerprint density at radius 2 is 2.28 bits per heavy atom. The van der Waals surface area contributed by atoms with Crippen molar-refractivity contribution in [1.29, 1.82) is 0 Å². The summed E-state index contributed by atoms with van der Waals surface area (Å²) in [5.41, 5.74) is 5.88. The molecule has 1 saturated heterocycles. The van der Waals surface area contributed by atoms with Crippen molar-refractivity contribution in [1.82, 2.24) is 4.90 Å². The molecule has 2 rings (SSSR count). The van der Waals surface area contributed by atoms with Crippen LogP contribution in [0.1, 0.15) is 11.9 Å². The van der Waals surface area contributed by atoms with Crippen molar-refractivity contribution in [2.45, 2.75) is 6.10 Å². The third-order valence-electron chi connectivity index (χ3n) is 2.63. The van der Waals surface area contributed by atoms with Gasteiger partial charge in [0.15, 0.2) is 5.96 Å². The van der Waals surface area contributed by atoms with Crippen molar-refractivity contribution >= 4 is 41.7 Å². The van der Waals surface area contributed by atoms with Crippen LogP contribution in [0, 0.1) is 0 Å². The highest BCUT2D eigenvalue weighted by molar-refractivity contribution is 14.0. The van der Waals surface area contributed by atoms with Crippen molar-refractivity contribution in [2.75, 3.05) is 31.1 Å². The van der Waals surface area contributed by atoms with Crippen LogP contribution < -0.4 is 5.73 Å². The molecule has 102 valence electrons. The number of aliphatic imine (C=N–C) groups is 1. The number of furan rings is 1. The molecule has 1 aromatic heterocycles. The topological polar surface area (TPSA) is 75.0 Å². The number of hydrogen-bond acceptors (Lipinski definition) is 4. The second kappa shape index (κ2) is 7.90. The standard InChI is InChI=1S/C11H17N3O2S.HI/c12-11(14-3-6-17-7-4-14)13-8-9(15)10-2-1-5-16-10;/h1-2,5,9,15H,3-4,6-8H2,(H2,12,13);1H. The molecule has 2 heterocycles. The summed E-state index contributed by atoms with van der Waals surface area (Å²) >= 11 is 1.92. The Bertz CT molecular complexity index is 366. The highest BCUT2D eigenvalue weighted by Crippen LogP contribution is 2.13. The second-order valence-corrected chi connectivity index (χ2v) is 5.05. The molecule has 18 heavy (non-hydrogen) atoms. The molecule has 1 unspecified atom stereocenters. The van der Waals surface area contributed by atoms with Gasteiger partial charge < -0.3 is 20.2 Å². The minimum absolute atomic E-state index is 0. The van der Waals surface area contributed by atoms with Crippen LogP contribution in [0.15, 0.2) is 27.8 Å². The summed E-state index contributed by atoms with van der Waals surface area (Å²) in [4.78, 5) is 6.25. The van der Waals surface area contributed by atoms with E-state index in [9.17, 15) is 5.11 Å². The lowest BCUT2D eigenvalue weighted by atomic mass is 10.3. The average molecular weight is 383 g/mol. The molecule has 1 fully saturated rings. The number of guanidine groups is 1. The normalized spacial score (nSPS) is 18.3. The lowest BCUT2D eigenvalue weighted by molar-refractivity contribution is 0.158. The van der Waals surface area contributed by atoms with Gasteiger partial charge >= 0.3 is 0 Å². The molecular formula is C11H18IN3O2S. The van der Waals surface area contributed by atoms with Gasteiger partial charge in [-0.25, -0.2) is 0 Å². The van der Waals surface area contributed by atoms with Crippen LogP contribution >= 0.6 is 35.7 Å². The van der Waals surface area contributed by atoms with Crippen molar-refractivity contribution in [3.63, 3.8) is 0 Å². The summed E-state index contributed by atoms with van der Waals surface area (Å²) in [6, 6.07) is 3.47. The molecule has 0 amide bonds. The summed E-state index contributed by atoms with van der Waals surface area (Å²) in [6.45, 7) is 2.09. The summed E-state index contributed by atoms with van der Waals surface area (Å²) in [7, 11) is 0. The molecule has 1 aliphatic rings. The van der Waals surface area contributed by atoms with E-state index >= 15 is 0 Å². The van der Waals surface area contributed by atoms with Gasteiger partial charge in [-0.15, -0.1) is 24.0 Å². The maximum absolute atomic E-state index is 9.78. The van der Waals surface area contributed by atoms with Crippen LogP contribution in [0.25, 0.3) is 0 Å². The van der Waals surface area contributed by atoms with E-state index in [1.54, 1.807) is 12.1 Å². The summed E-state index contributed by atoms with van der Waals surface area (Å²) in [5.74, 6) is 3.19. The smallest absolute Gasteiger partial charge is 0.191 e. The molecule has 0 spiro atoms. The number of thioether (sulfide) groups is 1. The van der Waals surface area contributed by atoms with Gasteiger partial charge in [-0.3, -0.25) is 4.99 Å². The first-order chi connectivity index (χ1) is 8.27. The number of aliphatic hydroxyl groups excluding tert-OH is 1. The average Bonchev–Trinajstić information content (AvgIpc) is 2.90. The lowest BCUT2D eigenvalue weighted by Gasteiger charge is -2.27. The fourth-order valence-corrected chi connectivity index (χ4v) is 2.55. The quantitative estimate of drug-likeness (QED) is 0.468. The molecule has 0 saturated carbocycles. The molecule has 5 nitrogen and oxygen atoms in total. The van der Waals surface area contributed by atoms with Gasteiger partial charge in [0.1, 0.15) is 11.9 Å². The van der Waals surface area contributed by atoms with E-state index in [-0.39, 0.29) is 30.5 Å². The molecule has 0 aromatic carbocycles. The molecule has 0 aliphatic carbocycles. The Hall–Kier alpha value is -0.410. The Kier molecular flexibility index (Phi) is 6.87. The zero-order valence-corrected chi connectivity index (χ0v) is 13.1. The molecule has 3 N–H and O–H groups in total. The maximum atomic E-state index is 9.78. The van der Waals surface area contributed by atoms with Crippen LogP contribution in [0.3, 0.4) is 0 Å². The molecule has 7 heteroatoms. The van der Waals surface area contributed by atoms with Crippen molar-refractivity contribution in [3.05, 3.63) is 24.2 Å². The zero-order valence-electron chi connectivity index (χ0n) is 9.99. The van der Waals surface area contributed by atoms with Gasteiger partial charge in [-0.05, 0) is 12.1 Å². The predicted octanol–water partition coefficient (Wildman–Crippen LogP) is 1.29. The lowest BCUT2D eigenvalue weighted by Crippen LogP contribution is -2.42. The van der Waals surface area contributed by atoms with Crippen LogP contribution in [0.2, 0.25) is 0 Å². The Morgan fingerprint density at radius 1 is 1.56 bits per heavy atom. The summed E-state index contributed by atoms with van der Waals surface area (Å²) in [5, 5.41) is 9.78. The molecule has 1 aromatic rings. The first-order valence-corrected chi connectivity index (χ1v) is 6.77. The Labute approximate surface area is 128 Å². The Morgan fingerprint density at radius 3 is 2.89 bits per heavy atom. The van der Waals surface area contributed by atoms with E-state index in [0.717, 1.165) is 24.6 Å². The second-order valence-electron chi connectivity index (χ2n) is 3.83. The van der Waals surface area contributed by atoms with E-state index in [1.165, 1.54) is 6.26 Å². The van der Waals surface area contributed by atoms with Gasteiger partial charge in [-0.1, -0.05) is 0 Å². The van der Waals surface area contributed by atoms with Gasteiger partial charge in [0, 0.05) is 24.6 Å². The highest BCUT2D eigenvalue weighted by Gasteiger charge is 2.14. The van der Waals surface area contributed by atoms with E-state index in [4.69, 9.17) is 10.2 Å². The number of nitrogens with two attached hydrogens (primary N) is 1.